The molecule has 2 aromatic carbocycles. The number of fused-ring (bicyclic) bond motifs is 1. The van der Waals surface area contributed by atoms with Crippen LogP contribution in [0, 0.1) is 16.0 Å². The second kappa shape index (κ2) is 14.7. The van der Waals surface area contributed by atoms with E-state index in [1.165, 1.54) is 6.07 Å². The van der Waals surface area contributed by atoms with Gasteiger partial charge in [-0.2, -0.15) is 0 Å². The van der Waals surface area contributed by atoms with Crippen molar-refractivity contribution >= 4 is 28.5 Å². The quantitative estimate of drug-likeness (QED) is 0.0747. The number of phenolic OH excluding ortho intramolecular Hbond substituents is 1. The lowest BCUT2D eigenvalue weighted by Crippen LogP contribution is -2.56. The van der Waals surface area contributed by atoms with Gasteiger partial charge >= 0.3 is 0 Å². The lowest BCUT2D eigenvalue weighted by molar-refractivity contribution is -0.552. The number of carbonyl (C=O) groups excluding carboxylic acids is 3. The number of aromatic hydroxyl groups is 1. The van der Waals surface area contributed by atoms with Crippen LogP contribution < -0.4 is 32.4 Å². The van der Waals surface area contributed by atoms with Crippen molar-refractivity contribution in [1.82, 2.24) is 26.7 Å². The van der Waals surface area contributed by atoms with Gasteiger partial charge in [0.05, 0.1) is 5.56 Å². The van der Waals surface area contributed by atoms with E-state index in [9.17, 15) is 29.6 Å². The number of hydrogen-bond donors (Lipinski definition) is 7. The lowest BCUT2D eigenvalue weighted by atomic mass is 10.0. The third-order valence-corrected chi connectivity index (χ3v) is 5.84. The SMILES string of the molecule is CCCNC(=O)C(NC(=O)C(CCCNC(N)N[N+](=O)[O-])NC(=O)c1ccc2ccccc2c1O)C(C)C. The van der Waals surface area contributed by atoms with Crippen LogP contribution in [0.3, 0.4) is 0 Å². The number of hydrazine groups is 1. The number of benzene rings is 2. The summed E-state index contributed by atoms with van der Waals surface area (Å²) in [4.78, 5) is 49.5. The lowest BCUT2D eigenvalue weighted by Gasteiger charge is -2.25. The van der Waals surface area contributed by atoms with E-state index >= 15 is 0 Å². The van der Waals surface area contributed by atoms with Crippen molar-refractivity contribution in [3.05, 3.63) is 52.1 Å². The van der Waals surface area contributed by atoms with Crippen molar-refractivity contribution in [1.29, 1.82) is 0 Å². The fourth-order valence-electron chi connectivity index (χ4n) is 3.81. The molecule has 0 aromatic heterocycles. The molecular weight excluding hydrogens is 494 g/mol. The summed E-state index contributed by atoms with van der Waals surface area (Å²) < 4.78 is 0. The van der Waals surface area contributed by atoms with Crippen LogP contribution in [0.5, 0.6) is 5.75 Å². The van der Waals surface area contributed by atoms with Gasteiger partial charge in [0.15, 0.2) is 11.3 Å². The Morgan fingerprint density at radius 3 is 2.42 bits per heavy atom. The van der Waals surface area contributed by atoms with Crippen molar-refractivity contribution < 1.29 is 24.5 Å². The van der Waals surface area contributed by atoms with Gasteiger partial charge in [-0.15, -0.1) is 5.43 Å². The molecule has 3 unspecified atom stereocenters. The first-order valence-corrected chi connectivity index (χ1v) is 12.5. The Bertz CT molecular complexity index is 1130. The summed E-state index contributed by atoms with van der Waals surface area (Å²) in [5.74, 6) is -1.99. The highest BCUT2D eigenvalue weighted by molar-refractivity contribution is 6.05. The predicted octanol–water partition coefficient (Wildman–Crippen LogP) is 0.704. The Labute approximate surface area is 221 Å². The number of carbonyl (C=O) groups is 3. The van der Waals surface area contributed by atoms with Gasteiger partial charge in [-0.05, 0) is 43.2 Å². The molecule has 2 rings (SSSR count). The monoisotopic (exact) mass is 531 g/mol. The maximum absolute atomic E-state index is 13.3. The smallest absolute Gasteiger partial charge is 0.255 e. The van der Waals surface area contributed by atoms with Gasteiger partial charge in [0, 0.05) is 11.9 Å². The number of nitro groups is 1. The molecule has 0 heterocycles. The van der Waals surface area contributed by atoms with Gasteiger partial charge in [0.25, 0.3) is 5.91 Å². The first-order chi connectivity index (χ1) is 18.0. The van der Waals surface area contributed by atoms with Crippen LogP contribution in [0.25, 0.3) is 10.8 Å². The second-order valence-corrected chi connectivity index (χ2v) is 9.19. The van der Waals surface area contributed by atoms with E-state index in [0.29, 0.717) is 18.4 Å². The molecule has 0 saturated heterocycles. The van der Waals surface area contributed by atoms with Crippen LogP contribution in [0.2, 0.25) is 0 Å². The van der Waals surface area contributed by atoms with Crippen LogP contribution in [0.4, 0.5) is 0 Å². The number of hydrogen-bond acceptors (Lipinski definition) is 8. The highest BCUT2D eigenvalue weighted by Gasteiger charge is 2.29. The average Bonchev–Trinajstić information content (AvgIpc) is 2.87. The highest BCUT2D eigenvalue weighted by atomic mass is 16.7. The molecule has 3 amide bonds. The van der Waals surface area contributed by atoms with Gasteiger partial charge in [0.2, 0.25) is 11.8 Å². The summed E-state index contributed by atoms with van der Waals surface area (Å²) in [5, 5.41) is 32.5. The van der Waals surface area contributed by atoms with Gasteiger partial charge in [-0.1, -0.05) is 51.1 Å². The highest BCUT2D eigenvalue weighted by Crippen LogP contribution is 2.28. The molecule has 0 aliphatic carbocycles. The molecule has 0 bridgehead atoms. The summed E-state index contributed by atoms with van der Waals surface area (Å²) in [5.41, 5.74) is 7.42. The van der Waals surface area contributed by atoms with Gasteiger partial charge in [-0.25, -0.2) is 10.1 Å². The van der Waals surface area contributed by atoms with Gasteiger partial charge in [-0.3, -0.25) is 25.4 Å². The molecule has 8 N–H and O–H groups in total. The van der Waals surface area contributed by atoms with Crippen molar-refractivity contribution in [3.8, 4) is 5.75 Å². The Kier molecular flexibility index (Phi) is 11.7. The molecular formula is C25H37N7O6. The molecule has 13 nitrogen and oxygen atoms in total. The molecule has 0 radical (unpaired) electrons. The third-order valence-electron chi connectivity index (χ3n) is 5.84. The second-order valence-electron chi connectivity index (χ2n) is 9.19. The molecule has 208 valence electrons. The van der Waals surface area contributed by atoms with Crippen LogP contribution in [0.1, 0.15) is 50.4 Å². The van der Waals surface area contributed by atoms with Crippen LogP contribution in [0.15, 0.2) is 36.4 Å². The molecule has 0 spiro atoms. The number of phenols is 1. The molecule has 3 atom stereocenters. The Morgan fingerprint density at radius 1 is 1.05 bits per heavy atom. The topological polar surface area (TPSA) is 201 Å². The number of nitrogens with zero attached hydrogens (tertiary/aromatic N) is 1. The van der Waals surface area contributed by atoms with E-state index in [-0.39, 0.29) is 36.1 Å². The van der Waals surface area contributed by atoms with Gasteiger partial charge < -0.3 is 21.1 Å². The number of amides is 3. The van der Waals surface area contributed by atoms with Crippen molar-refractivity contribution in [2.75, 3.05) is 13.1 Å². The number of nitrogens with two attached hydrogens (primary N) is 1. The molecule has 0 fully saturated rings. The maximum atomic E-state index is 13.3. The minimum absolute atomic E-state index is 0.00192. The van der Waals surface area contributed by atoms with Crippen LogP contribution in [-0.2, 0) is 9.59 Å². The maximum Gasteiger partial charge on any atom is 0.255 e. The first-order valence-electron chi connectivity index (χ1n) is 12.5. The molecule has 13 heteroatoms. The molecule has 2 aromatic rings. The van der Waals surface area contributed by atoms with Gasteiger partial charge in [0.1, 0.15) is 17.8 Å². The largest absolute Gasteiger partial charge is 0.506 e. The van der Waals surface area contributed by atoms with Crippen molar-refractivity contribution in [2.45, 2.75) is 58.4 Å². The Balaban J connectivity index is 2.19. The van der Waals surface area contributed by atoms with Crippen molar-refractivity contribution in [2.24, 2.45) is 11.7 Å². The average molecular weight is 532 g/mol. The minimum atomic E-state index is -1.10. The van der Waals surface area contributed by atoms with Crippen LogP contribution >= 0.6 is 0 Å². The van der Waals surface area contributed by atoms with E-state index in [4.69, 9.17) is 5.73 Å². The molecule has 0 saturated carbocycles. The number of nitrogens with one attached hydrogen (secondary N) is 5. The Morgan fingerprint density at radius 2 is 1.76 bits per heavy atom. The van der Waals surface area contributed by atoms with Crippen molar-refractivity contribution in [3.63, 3.8) is 0 Å². The summed E-state index contributed by atoms with van der Waals surface area (Å²) in [6.45, 7) is 6.17. The van der Waals surface area contributed by atoms with E-state index in [1.54, 1.807) is 38.1 Å². The van der Waals surface area contributed by atoms with E-state index < -0.39 is 35.2 Å². The predicted molar refractivity (Wildman–Crippen MR) is 142 cm³/mol. The number of rotatable bonds is 15. The zero-order valence-corrected chi connectivity index (χ0v) is 21.8. The molecule has 38 heavy (non-hydrogen) atoms. The van der Waals surface area contributed by atoms with E-state index in [1.807, 2.05) is 18.4 Å². The zero-order chi connectivity index (χ0) is 28.2. The van der Waals surface area contributed by atoms with E-state index in [2.05, 4.69) is 21.3 Å². The minimum Gasteiger partial charge on any atom is -0.506 e. The summed E-state index contributed by atoms with van der Waals surface area (Å²) in [7, 11) is 0. The zero-order valence-electron chi connectivity index (χ0n) is 21.8. The fraction of sp³-hybridized carbons (Fsp3) is 0.480. The Hall–Kier alpha value is -3.97. The molecule has 0 aliphatic heterocycles. The first kappa shape index (κ1) is 30.3. The normalized spacial score (nSPS) is 13.4. The van der Waals surface area contributed by atoms with E-state index in [0.717, 1.165) is 11.8 Å². The standard InChI is InChI=1S/C25H37N7O6/c1-4-13-27-24(36)20(15(2)3)30-23(35)19(10-7-14-28-25(26)31-32(37)38)29-22(34)18-12-11-16-8-5-6-9-17(16)21(18)33/h5-6,8-9,11-12,15,19-20,25,28,31,33H,4,7,10,13-14,26H2,1-3H3,(H,27,36)(H,29,34)(H,30,35). The summed E-state index contributed by atoms with van der Waals surface area (Å²) in [6, 6.07) is 8.32. The summed E-state index contributed by atoms with van der Waals surface area (Å²) >= 11 is 0. The fourth-order valence-corrected chi connectivity index (χ4v) is 3.81. The molecule has 0 aliphatic rings. The third kappa shape index (κ3) is 8.85. The summed E-state index contributed by atoms with van der Waals surface area (Å²) in [6.07, 6.45) is 0.0717. The van der Waals surface area contributed by atoms with Crippen LogP contribution in [-0.4, -0.2) is 59.3 Å².